The number of ether oxygens (including phenoxy) is 2. The molecule has 18 heavy (non-hydrogen) atoms. The molecule has 1 fully saturated rings. The highest BCUT2D eigenvalue weighted by atomic mass is 16.5. The first-order valence-corrected chi connectivity index (χ1v) is 6.71. The smallest absolute Gasteiger partial charge is 0.0791 e. The topological polar surface area (TPSA) is 54.0 Å². The van der Waals surface area contributed by atoms with E-state index in [-0.39, 0.29) is 17.8 Å². The molecule has 1 aliphatic rings. The number of hydrogen-bond acceptors (Lipinski definition) is 5. The summed E-state index contributed by atoms with van der Waals surface area (Å²) in [5.41, 5.74) is -0.124. The maximum Gasteiger partial charge on any atom is 0.0791 e. The van der Waals surface area contributed by atoms with Crippen molar-refractivity contribution in [2.45, 2.75) is 38.6 Å². The van der Waals surface area contributed by atoms with Crippen LogP contribution in [0.1, 0.15) is 20.8 Å². The van der Waals surface area contributed by atoms with Crippen LogP contribution in [0.3, 0.4) is 0 Å². The minimum Gasteiger partial charge on any atom is -0.390 e. The van der Waals surface area contributed by atoms with Crippen LogP contribution in [0.5, 0.6) is 0 Å². The van der Waals surface area contributed by atoms with Crippen molar-refractivity contribution in [3.05, 3.63) is 0 Å². The average Bonchev–Trinajstić information content (AvgIpc) is 2.21. The van der Waals surface area contributed by atoms with Gasteiger partial charge in [-0.15, -0.1) is 0 Å². The third-order valence-corrected chi connectivity index (χ3v) is 2.97. The lowest BCUT2D eigenvalue weighted by molar-refractivity contribution is -0.133. The molecule has 0 amide bonds. The van der Waals surface area contributed by atoms with E-state index in [2.05, 4.69) is 31.0 Å². The van der Waals surface area contributed by atoms with Crippen molar-refractivity contribution in [1.82, 2.24) is 10.2 Å². The number of methoxy groups -OCH3 is 1. The molecule has 0 aromatic carbocycles. The molecule has 0 aromatic heterocycles. The number of morpholine rings is 1. The number of nitrogens with one attached hydrogen (secondary N) is 1. The molecule has 2 N–H and O–H groups in total. The summed E-state index contributed by atoms with van der Waals surface area (Å²) in [7, 11) is 1.68. The molecule has 0 bridgehead atoms. The van der Waals surface area contributed by atoms with Gasteiger partial charge in [0.2, 0.25) is 0 Å². The zero-order valence-corrected chi connectivity index (χ0v) is 12.1. The van der Waals surface area contributed by atoms with Crippen molar-refractivity contribution in [2.75, 3.05) is 46.4 Å². The van der Waals surface area contributed by atoms with Crippen molar-refractivity contribution in [3.63, 3.8) is 0 Å². The Labute approximate surface area is 110 Å². The number of rotatable bonds is 7. The third kappa shape index (κ3) is 6.11. The minimum absolute atomic E-state index is 0.124. The van der Waals surface area contributed by atoms with Crippen LogP contribution in [0.2, 0.25) is 0 Å². The molecule has 0 aliphatic carbocycles. The molecule has 5 nitrogen and oxygen atoms in total. The van der Waals surface area contributed by atoms with Gasteiger partial charge in [-0.1, -0.05) is 0 Å². The van der Waals surface area contributed by atoms with Crippen molar-refractivity contribution in [2.24, 2.45) is 0 Å². The number of aliphatic hydroxyl groups excluding tert-OH is 1. The summed E-state index contributed by atoms with van der Waals surface area (Å²) in [5.74, 6) is 0. The van der Waals surface area contributed by atoms with Crippen LogP contribution in [-0.2, 0) is 9.47 Å². The SMILES string of the molecule is COCCNCC(O)CN1CC(C)OC(C)(C)C1. The van der Waals surface area contributed by atoms with Crippen LogP contribution < -0.4 is 5.32 Å². The van der Waals surface area contributed by atoms with Gasteiger partial charge >= 0.3 is 0 Å². The van der Waals surface area contributed by atoms with Crippen LogP contribution in [0, 0.1) is 0 Å². The van der Waals surface area contributed by atoms with Crippen LogP contribution in [-0.4, -0.2) is 74.3 Å². The third-order valence-electron chi connectivity index (χ3n) is 2.97. The standard InChI is InChI=1S/C13H28N2O3/c1-11-8-15(10-13(2,3)18-11)9-12(16)7-14-5-6-17-4/h11-12,14,16H,5-10H2,1-4H3. The van der Waals surface area contributed by atoms with Crippen molar-refractivity contribution in [3.8, 4) is 0 Å². The summed E-state index contributed by atoms with van der Waals surface area (Å²) in [6.07, 6.45) is -0.120. The van der Waals surface area contributed by atoms with Gasteiger partial charge < -0.3 is 19.9 Å². The number of hydrogen-bond donors (Lipinski definition) is 2. The second-order valence-electron chi connectivity index (χ2n) is 5.73. The van der Waals surface area contributed by atoms with E-state index in [1.165, 1.54) is 0 Å². The van der Waals surface area contributed by atoms with Crippen LogP contribution in [0.15, 0.2) is 0 Å². The Morgan fingerprint density at radius 2 is 2.28 bits per heavy atom. The molecule has 1 saturated heterocycles. The Morgan fingerprint density at radius 1 is 1.56 bits per heavy atom. The van der Waals surface area contributed by atoms with E-state index in [1.807, 2.05) is 0 Å². The average molecular weight is 260 g/mol. The van der Waals surface area contributed by atoms with Crippen LogP contribution in [0.25, 0.3) is 0 Å². The van der Waals surface area contributed by atoms with E-state index in [1.54, 1.807) is 7.11 Å². The molecule has 0 radical (unpaired) electrons. The van der Waals surface area contributed by atoms with E-state index in [4.69, 9.17) is 9.47 Å². The number of nitrogens with zero attached hydrogens (tertiary/aromatic N) is 1. The van der Waals surface area contributed by atoms with E-state index in [0.29, 0.717) is 19.7 Å². The van der Waals surface area contributed by atoms with Gasteiger partial charge in [0.15, 0.2) is 0 Å². The van der Waals surface area contributed by atoms with E-state index >= 15 is 0 Å². The van der Waals surface area contributed by atoms with Gasteiger partial charge in [-0.05, 0) is 20.8 Å². The maximum absolute atomic E-state index is 9.97. The summed E-state index contributed by atoms with van der Waals surface area (Å²) in [6, 6.07) is 0. The number of β-amino-alcohol motifs (C(OH)–C–C–N with tert-alkyl or cyclic N) is 1. The molecule has 108 valence electrons. The fourth-order valence-electron chi connectivity index (χ4n) is 2.53. The fraction of sp³-hybridized carbons (Fsp3) is 1.00. The molecule has 2 unspecified atom stereocenters. The molecular weight excluding hydrogens is 232 g/mol. The highest BCUT2D eigenvalue weighted by molar-refractivity contribution is 4.83. The van der Waals surface area contributed by atoms with Crippen molar-refractivity contribution >= 4 is 0 Å². The molecule has 5 heteroatoms. The van der Waals surface area contributed by atoms with Crippen LogP contribution in [0.4, 0.5) is 0 Å². The molecule has 2 atom stereocenters. The van der Waals surface area contributed by atoms with Gasteiger partial charge in [-0.25, -0.2) is 0 Å². The van der Waals surface area contributed by atoms with Gasteiger partial charge in [-0.3, -0.25) is 4.90 Å². The zero-order valence-electron chi connectivity index (χ0n) is 12.1. The predicted octanol–water partition coefficient (Wildman–Crippen LogP) is 0.0826. The van der Waals surface area contributed by atoms with E-state index in [9.17, 15) is 5.11 Å². The van der Waals surface area contributed by atoms with E-state index < -0.39 is 0 Å². The fourth-order valence-corrected chi connectivity index (χ4v) is 2.53. The lowest BCUT2D eigenvalue weighted by Gasteiger charge is -2.42. The predicted molar refractivity (Wildman–Crippen MR) is 71.8 cm³/mol. The molecule has 0 aromatic rings. The minimum atomic E-state index is -0.344. The first kappa shape index (κ1) is 15.9. The van der Waals surface area contributed by atoms with Gasteiger partial charge in [0.05, 0.1) is 24.4 Å². The summed E-state index contributed by atoms with van der Waals surface area (Å²) in [6.45, 7) is 10.8. The second kappa shape index (κ2) is 7.40. The summed E-state index contributed by atoms with van der Waals surface area (Å²) in [4.78, 5) is 2.27. The molecular formula is C13H28N2O3. The van der Waals surface area contributed by atoms with Crippen LogP contribution >= 0.6 is 0 Å². The van der Waals surface area contributed by atoms with Gasteiger partial charge in [0.1, 0.15) is 0 Å². The van der Waals surface area contributed by atoms with Gasteiger partial charge in [-0.2, -0.15) is 0 Å². The Balaban J connectivity index is 2.24. The Morgan fingerprint density at radius 3 is 2.89 bits per heavy atom. The highest BCUT2D eigenvalue weighted by Gasteiger charge is 2.31. The lowest BCUT2D eigenvalue weighted by Crippen LogP contribution is -2.54. The Bertz CT molecular complexity index is 236. The number of aliphatic hydroxyl groups is 1. The van der Waals surface area contributed by atoms with Gasteiger partial charge in [0.25, 0.3) is 0 Å². The summed E-state index contributed by atoms with van der Waals surface area (Å²) < 4.78 is 10.8. The van der Waals surface area contributed by atoms with Gasteiger partial charge in [0, 0.05) is 39.8 Å². The highest BCUT2D eigenvalue weighted by Crippen LogP contribution is 2.20. The van der Waals surface area contributed by atoms with Crippen molar-refractivity contribution < 1.29 is 14.6 Å². The first-order valence-electron chi connectivity index (χ1n) is 6.71. The zero-order chi connectivity index (χ0) is 13.6. The normalized spacial score (nSPS) is 26.2. The molecule has 1 rings (SSSR count). The van der Waals surface area contributed by atoms with E-state index in [0.717, 1.165) is 19.6 Å². The van der Waals surface area contributed by atoms with Crippen molar-refractivity contribution in [1.29, 1.82) is 0 Å². The quantitative estimate of drug-likeness (QED) is 0.635. The summed E-state index contributed by atoms with van der Waals surface area (Å²) in [5, 5.41) is 13.1. The Kier molecular flexibility index (Phi) is 6.52. The summed E-state index contributed by atoms with van der Waals surface area (Å²) >= 11 is 0. The Hall–Kier alpha value is -0.200. The molecule has 1 heterocycles. The maximum atomic E-state index is 9.97. The molecule has 0 spiro atoms. The largest absolute Gasteiger partial charge is 0.390 e. The molecule has 0 saturated carbocycles. The lowest BCUT2D eigenvalue weighted by atomic mass is 10.1. The molecule has 1 aliphatic heterocycles. The monoisotopic (exact) mass is 260 g/mol. The first-order chi connectivity index (χ1) is 8.43. The second-order valence-corrected chi connectivity index (χ2v) is 5.73.